The number of fused-ring (bicyclic) bond motifs is 1. The fourth-order valence-corrected chi connectivity index (χ4v) is 3.01. The number of nitrogens with zero attached hydrogens (tertiary/aromatic N) is 4. The Morgan fingerprint density at radius 1 is 1.21 bits per heavy atom. The summed E-state index contributed by atoms with van der Waals surface area (Å²) >= 11 is 0. The van der Waals surface area contributed by atoms with Crippen LogP contribution in [0.4, 0.5) is 13.2 Å². The molecule has 0 radical (unpaired) electrons. The van der Waals surface area contributed by atoms with Crippen LogP contribution in [0.5, 0.6) is 11.5 Å². The Kier molecular flexibility index (Phi) is 4.45. The smallest absolute Gasteiger partial charge is 0.424 e. The zero-order valence-electron chi connectivity index (χ0n) is 15.1. The molecule has 0 saturated heterocycles. The summed E-state index contributed by atoms with van der Waals surface area (Å²) in [6, 6.07) is 5.24. The Morgan fingerprint density at radius 3 is 2.68 bits per heavy atom. The van der Waals surface area contributed by atoms with E-state index < -0.39 is 12.0 Å². The molecule has 4 rings (SSSR count). The van der Waals surface area contributed by atoms with Gasteiger partial charge in [0.1, 0.15) is 17.2 Å². The molecule has 1 saturated carbocycles. The van der Waals surface area contributed by atoms with E-state index in [1.807, 2.05) is 23.0 Å². The number of hydrogen-bond donors (Lipinski definition) is 1. The molecular formula is C18H19F3N4O3. The molecule has 1 fully saturated rings. The first-order valence-corrected chi connectivity index (χ1v) is 8.80. The number of hydrogen-bond acceptors (Lipinski definition) is 7. The Bertz CT molecular complexity index is 862. The lowest BCUT2D eigenvalue weighted by molar-refractivity contribution is -0.274. The third-order valence-electron chi connectivity index (χ3n) is 4.65. The minimum absolute atomic E-state index is 0.0416. The maximum Gasteiger partial charge on any atom is 0.573 e. The first-order chi connectivity index (χ1) is 13.2. The molecule has 1 aromatic carbocycles. The summed E-state index contributed by atoms with van der Waals surface area (Å²) in [5.74, 6) is 0.382. The maximum absolute atomic E-state index is 12.4. The van der Waals surface area contributed by atoms with Gasteiger partial charge >= 0.3 is 12.4 Å². The van der Waals surface area contributed by atoms with Crippen molar-refractivity contribution >= 4 is 11.9 Å². The van der Waals surface area contributed by atoms with Gasteiger partial charge in [-0.3, -0.25) is 0 Å². The Morgan fingerprint density at radius 2 is 1.96 bits per heavy atom. The van der Waals surface area contributed by atoms with Crippen molar-refractivity contribution in [3.63, 3.8) is 0 Å². The highest BCUT2D eigenvalue weighted by Crippen LogP contribution is 2.38. The standard InChI is InChI=1S/C18H19F3N4O3/c1-24-11-25(8-7-17(26)5-6-17)10-14-15(24)23-16(22-14)27-12-3-2-4-13(9-12)28-18(19,20)21/h2-4,9-10,26H,5-8,11H2,1H3. The van der Waals surface area contributed by atoms with Crippen molar-refractivity contribution < 1.29 is 27.8 Å². The SMILES string of the molecule is CN1CN(CCC2(O)CC2)C=C2N=C(Oc3cccc(OC(F)(F)F)c3)N=C21. The average Bonchev–Trinajstić information content (AvgIpc) is 3.18. The first kappa shape index (κ1) is 18.6. The van der Waals surface area contributed by atoms with Gasteiger partial charge in [-0.1, -0.05) is 6.07 Å². The second kappa shape index (κ2) is 6.69. The fraction of sp³-hybridized carbons (Fsp3) is 0.444. The van der Waals surface area contributed by atoms with Crippen LogP contribution in [0.1, 0.15) is 19.3 Å². The summed E-state index contributed by atoms with van der Waals surface area (Å²) in [6.07, 6.45) is -0.552. The molecule has 3 aliphatic rings. The molecule has 0 amide bonds. The zero-order chi connectivity index (χ0) is 19.9. The molecule has 150 valence electrons. The van der Waals surface area contributed by atoms with Crippen LogP contribution < -0.4 is 9.47 Å². The number of aliphatic hydroxyl groups is 1. The van der Waals surface area contributed by atoms with Gasteiger partial charge in [0, 0.05) is 25.9 Å². The maximum atomic E-state index is 12.4. The third kappa shape index (κ3) is 4.38. The number of rotatable bonds is 5. The monoisotopic (exact) mass is 396 g/mol. The molecule has 0 spiro atoms. The van der Waals surface area contributed by atoms with E-state index in [4.69, 9.17) is 4.74 Å². The predicted molar refractivity (Wildman–Crippen MR) is 94.8 cm³/mol. The minimum atomic E-state index is -4.77. The summed E-state index contributed by atoms with van der Waals surface area (Å²) < 4.78 is 46.5. The van der Waals surface area contributed by atoms with Crippen LogP contribution in [-0.2, 0) is 0 Å². The number of aliphatic imine (C=N–C) groups is 2. The lowest BCUT2D eigenvalue weighted by Crippen LogP contribution is -2.42. The highest BCUT2D eigenvalue weighted by molar-refractivity contribution is 6.10. The van der Waals surface area contributed by atoms with E-state index in [-0.39, 0.29) is 17.5 Å². The summed E-state index contributed by atoms with van der Waals surface area (Å²) in [4.78, 5) is 12.6. The summed E-state index contributed by atoms with van der Waals surface area (Å²) in [5, 5.41) is 10.00. The van der Waals surface area contributed by atoms with E-state index >= 15 is 0 Å². The first-order valence-electron chi connectivity index (χ1n) is 8.80. The van der Waals surface area contributed by atoms with Crippen molar-refractivity contribution in [1.29, 1.82) is 0 Å². The van der Waals surface area contributed by atoms with Crippen molar-refractivity contribution in [1.82, 2.24) is 9.80 Å². The van der Waals surface area contributed by atoms with Crippen LogP contribution in [0.25, 0.3) is 0 Å². The van der Waals surface area contributed by atoms with Gasteiger partial charge in [-0.25, -0.2) is 0 Å². The molecule has 0 atom stereocenters. The molecule has 1 aliphatic carbocycles. The van der Waals surface area contributed by atoms with E-state index in [1.165, 1.54) is 18.2 Å². The predicted octanol–water partition coefficient (Wildman–Crippen LogP) is 2.69. The molecule has 0 aromatic heterocycles. The van der Waals surface area contributed by atoms with E-state index in [2.05, 4.69) is 14.7 Å². The molecular weight excluding hydrogens is 377 g/mol. The highest BCUT2D eigenvalue weighted by atomic mass is 19.4. The minimum Gasteiger partial charge on any atom is -0.424 e. The summed E-state index contributed by atoms with van der Waals surface area (Å²) in [7, 11) is 1.86. The quantitative estimate of drug-likeness (QED) is 0.829. The Hall–Kier alpha value is -2.75. The van der Waals surface area contributed by atoms with Gasteiger partial charge in [0.15, 0.2) is 5.84 Å². The van der Waals surface area contributed by atoms with Gasteiger partial charge in [0.25, 0.3) is 0 Å². The Balaban J connectivity index is 1.45. The van der Waals surface area contributed by atoms with Crippen molar-refractivity contribution in [2.45, 2.75) is 31.2 Å². The second-order valence-electron chi connectivity index (χ2n) is 7.09. The zero-order valence-corrected chi connectivity index (χ0v) is 15.1. The van der Waals surface area contributed by atoms with E-state index in [0.29, 0.717) is 31.2 Å². The van der Waals surface area contributed by atoms with Crippen LogP contribution in [0.2, 0.25) is 0 Å². The third-order valence-corrected chi connectivity index (χ3v) is 4.65. The largest absolute Gasteiger partial charge is 0.573 e. The van der Waals surface area contributed by atoms with E-state index in [0.717, 1.165) is 18.9 Å². The topological polar surface area (TPSA) is 69.9 Å². The molecule has 2 aliphatic heterocycles. The normalized spacial score (nSPS) is 20.2. The van der Waals surface area contributed by atoms with Gasteiger partial charge in [-0.05, 0) is 31.4 Å². The van der Waals surface area contributed by atoms with Gasteiger partial charge in [-0.15, -0.1) is 13.2 Å². The highest BCUT2D eigenvalue weighted by Gasteiger charge is 2.40. The van der Waals surface area contributed by atoms with Gasteiger partial charge in [0.05, 0.1) is 12.3 Å². The molecule has 28 heavy (non-hydrogen) atoms. The van der Waals surface area contributed by atoms with Gasteiger partial charge in [0.2, 0.25) is 0 Å². The molecule has 0 unspecified atom stereocenters. The number of halogens is 3. The number of benzene rings is 1. The fourth-order valence-electron chi connectivity index (χ4n) is 3.01. The summed E-state index contributed by atoms with van der Waals surface area (Å²) in [5.41, 5.74) is 0.0801. The number of ether oxygens (including phenoxy) is 2. The van der Waals surface area contributed by atoms with Crippen molar-refractivity contribution in [3.8, 4) is 11.5 Å². The molecule has 1 N–H and O–H groups in total. The van der Waals surface area contributed by atoms with Crippen molar-refractivity contribution in [3.05, 3.63) is 36.2 Å². The van der Waals surface area contributed by atoms with Crippen LogP contribution in [0.3, 0.4) is 0 Å². The number of amidine groups is 2. The van der Waals surface area contributed by atoms with Crippen molar-refractivity contribution in [2.24, 2.45) is 9.98 Å². The summed E-state index contributed by atoms with van der Waals surface area (Å²) in [6.45, 7) is 1.29. The second-order valence-corrected chi connectivity index (χ2v) is 7.09. The van der Waals surface area contributed by atoms with Crippen molar-refractivity contribution in [2.75, 3.05) is 20.3 Å². The van der Waals surface area contributed by atoms with Crippen LogP contribution in [0.15, 0.2) is 46.1 Å². The number of alkyl halides is 3. The molecule has 10 heteroatoms. The van der Waals surface area contributed by atoms with Crippen LogP contribution >= 0.6 is 0 Å². The van der Waals surface area contributed by atoms with Gasteiger partial charge in [-0.2, -0.15) is 9.98 Å². The van der Waals surface area contributed by atoms with E-state index in [1.54, 1.807) is 0 Å². The van der Waals surface area contributed by atoms with Crippen LogP contribution in [0, 0.1) is 0 Å². The molecule has 0 bridgehead atoms. The van der Waals surface area contributed by atoms with Crippen LogP contribution in [-0.4, -0.2) is 59.0 Å². The number of likely N-dealkylation sites (N-methyl/N-ethyl adjacent to an activating group) is 1. The van der Waals surface area contributed by atoms with E-state index in [9.17, 15) is 18.3 Å². The lowest BCUT2D eigenvalue weighted by atomic mass is 10.2. The molecule has 2 heterocycles. The molecule has 1 aromatic rings. The molecule has 7 nitrogen and oxygen atoms in total. The Labute approximate surface area is 159 Å². The van der Waals surface area contributed by atoms with Gasteiger partial charge < -0.3 is 24.4 Å². The average molecular weight is 396 g/mol. The lowest BCUT2D eigenvalue weighted by Gasteiger charge is -2.33.